The molecule has 0 aromatic carbocycles. The van der Waals surface area contributed by atoms with Crippen LogP contribution in [-0.2, 0) is 14.1 Å². The lowest BCUT2D eigenvalue weighted by molar-refractivity contribution is -0.876. The topological polar surface area (TPSA) is 35.5 Å². The minimum atomic E-state index is -0.357. The number of carbonyl (C=O) groups excluding carboxylic acids is 1. The van der Waals surface area contributed by atoms with E-state index < -0.39 is 0 Å². The first-order valence-corrected chi connectivity index (χ1v) is 6.98. The van der Waals surface area contributed by atoms with Crippen LogP contribution in [0.15, 0.2) is 12.2 Å². The molecule has 0 heterocycles. The molecule has 2 atom stereocenters. The summed E-state index contributed by atoms with van der Waals surface area (Å²) in [7, 11) is 9.53. The summed E-state index contributed by atoms with van der Waals surface area (Å²) < 4.78 is 11.7. The molecule has 0 aliphatic heterocycles. The number of quaternary nitrogens is 1. The van der Waals surface area contributed by atoms with Gasteiger partial charge in [0.2, 0.25) is 0 Å². The first-order valence-electron chi connectivity index (χ1n) is 6.57. The number of nitrogens with zero attached hydrogens (tertiary/aromatic N) is 1. The molecule has 0 N–H and O–H groups in total. The Balaban J connectivity index is 4.74. The van der Waals surface area contributed by atoms with Gasteiger partial charge in [-0.1, -0.05) is 13.5 Å². The highest BCUT2D eigenvalue weighted by Crippen LogP contribution is 2.28. The first-order chi connectivity index (χ1) is 8.55. The Morgan fingerprint density at radius 3 is 2.26 bits per heavy atom. The Bertz CT molecular complexity index is 319. The van der Waals surface area contributed by atoms with Gasteiger partial charge in [-0.2, -0.15) is 0 Å². The number of ether oxygens (including phenoxy) is 1. The highest BCUT2D eigenvalue weighted by atomic mass is 31.0. The molecule has 0 aromatic heterocycles. The van der Waals surface area contributed by atoms with Crippen LogP contribution in [0.2, 0.25) is 0 Å². The van der Waals surface area contributed by atoms with Gasteiger partial charge in [-0.3, -0.25) is 0 Å². The van der Waals surface area contributed by atoms with Crippen LogP contribution in [0.25, 0.3) is 0 Å². The highest BCUT2D eigenvalue weighted by molar-refractivity contribution is 7.09. The monoisotopic (exact) mass is 289 g/mol. The van der Waals surface area contributed by atoms with Gasteiger partial charge in [0, 0.05) is 12.0 Å². The molecule has 0 spiro atoms. The number of carbonyl (C=O) groups is 1. The van der Waals surface area contributed by atoms with Gasteiger partial charge < -0.3 is 23.2 Å². The summed E-state index contributed by atoms with van der Waals surface area (Å²) in [6.07, 6.45) is 1.26. The van der Waals surface area contributed by atoms with E-state index in [1.54, 1.807) is 6.92 Å². The highest BCUT2D eigenvalue weighted by Gasteiger charge is 2.34. The van der Waals surface area contributed by atoms with Crippen molar-refractivity contribution >= 4 is 15.4 Å². The second-order valence-electron chi connectivity index (χ2n) is 6.29. The van der Waals surface area contributed by atoms with Crippen LogP contribution in [-0.4, -0.2) is 49.8 Å². The second-order valence-corrected chi connectivity index (χ2v) is 6.49. The smallest absolute Gasteiger partial charge is 0.333 e. The first kappa shape index (κ1) is 18.6. The van der Waals surface area contributed by atoms with Crippen LogP contribution in [0, 0.1) is 0 Å². The third-order valence-electron chi connectivity index (χ3n) is 2.94. The van der Waals surface area contributed by atoms with Crippen molar-refractivity contribution in [1.29, 1.82) is 0 Å². The quantitative estimate of drug-likeness (QED) is 0.298. The van der Waals surface area contributed by atoms with Gasteiger partial charge in [0.05, 0.1) is 26.7 Å². The molecule has 0 aliphatic rings. The molecule has 2 unspecified atom stereocenters. The van der Waals surface area contributed by atoms with Gasteiger partial charge in [-0.25, -0.2) is 4.79 Å². The second kappa shape index (κ2) is 7.37. The van der Waals surface area contributed by atoms with Gasteiger partial charge in [0.1, 0.15) is 12.6 Å². The lowest BCUT2D eigenvalue weighted by atomic mass is 9.92. The van der Waals surface area contributed by atoms with E-state index in [-0.39, 0.29) is 17.7 Å². The van der Waals surface area contributed by atoms with Gasteiger partial charge >= 0.3 is 5.97 Å². The molecule has 0 bridgehead atoms. The zero-order chi connectivity index (χ0) is 15.3. The third kappa shape index (κ3) is 7.05. The van der Waals surface area contributed by atoms with Gasteiger partial charge in [0.15, 0.2) is 0 Å². The minimum Gasteiger partial charge on any atom is -0.552 e. The SMILES string of the molecule is C=C(C)C(=O)OC(C)CC(CC)(C[N+](C)(C)C)O[PH-]. The largest absolute Gasteiger partial charge is 0.552 e. The number of likely N-dealkylation sites (N-methyl/N-ethyl adjacent to an activating group) is 1. The van der Waals surface area contributed by atoms with Crippen LogP contribution in [0.3, 0.4) is 0 Å². The maximum atomic E-state index is 11.5. The van der Waals surface area contributed by atoms with Crippen molar-refractivity contribution in [1.82, 2.24) is 0 Å². The van der Waals surface area contributed by atoms with Crippen LogP contribution >= 0.6 is 9.47 Å². The van der Waals surface area contributed by atoms with Crippen molar-refractivity contribution in [3.8, 4) is 0 Å². The molecule has 0 aromatic rings. The molecular weight excluding hydrogens is 261 g/mol. The Kier molecular flexibility index (Phi) is 7.20. The number of hydrogen-bond acceptors (Lipinski definition) is 3. The van der Waals surface area contributed by atoms with Crippen molar-refractivity contribution in [2.45, 2.75) is 45.3 Å². The number of hydrogen-bond donors (Lipinski definition) is 0. The molecule has 0 saturated carbocycles. The summed E-state index contributed by atoms with van der Waals surface area (Å²) in [4.78, 5) is 11.5. The molecule has 112 valence electrons. The molecule has 0 radical (unpaired) electrons. The Morgan fingerprint density at radius 2 is 1.95 bits per heavy atom. The Morgan fingerprint density at radius 1 is 1.42 bits per heavy atom. The summed E-state index contributed by atoms with van der Waals surface area (Å²) in [5.74, 6) is -0.350. The Hall–Kier alpha value is -0.440. The molecule has 0 rings (SSSR count). The predicted molar refractivity (Wildman–Crippen MR) is 80.3 cm³/mol. The van der Waals surface area contributed by atoms with Crippen molar-refractivity contribution in [2.24, 2.45) is 0 Å². The van der Waals surface area contributed by atoms with E-state index in [4.69, 9.17) is 9.26 Å². The zero-order valence-corrected chi connectivity index (χ0v) is 14.1. The van der Waals surface area contributed by atoms with E-state index in [1.807, 2.05) is 6.92 Å². The van der Waals surface area contributed by atoms with Gasteiger partial charge in [-0.15, -0.1) is 0 Å². The van der Waals surface area contributed by atoms with Crippen LogP contribution < -0.4 is 0 Å². The number of rotatable bonds is 8. The van der Waals surface area contributed by atoms with Gasteiger partial charge in [0.25, 0.3) is 0 Å². The summed E-state index contributed by atoms with van der Waals surface area (Å²) in [6.45, 7) is 10.0. The molecule has 0 saturated heterocycles. The molecular formula is C14H28NO3P. The van der Waals surface area contributed by atoms with E-state index in [1.165, 1.54) is 0 Å². The molecule has 5 heteroatoms. The van der Waals surface area contributed by atoms with Crippen molar-refractivity contribution in [2.75, 3.05) is 27.7 Å². The average molecular weight is 289 g/mol. The lowest BCUT2D eigenvalue weighted by Gasteiger charge is -2.42. The number of esters is 1. The van der Waals surface area contributed by atoms with Crippen LogP contribution in [0.5, 0.6) is 0 Å². The predicted octanol–water partition coefficient (Wildman–Crippen LogP) is 2.81. The van der Waals surface area contributed by atoms with Crippen LogP contribution in [0.4, 0.5) is 0 Å². The van der Waals surface area contributed by atoms with Gasteiger partial charge in [-0.05, 0) is 20.3 Å². The van der Waals surface area contributed by atoms with E-state index in [0.29, 0.717) is 12.0 Å². The van der Waals surface area contributed by atoms with E-state index in [9.17, 15) is 4.79 Å². The van der Waals surface area contributed by atoms with Crippen LogP contribution in [0.1, 0.15) is 33.6 Å². The molecule has 0 aliphatic carbocycles. The van der Waals surface area contributed by atoms with Crippen molar-refractivity contribution < 1.29 is 18.5 Å². The normalized spacial score (nSPS) is 16.6. The fraction of sp³-hybridized carbons (Fsp3) is 0.786. The maximum Gasteiger partial charge on any atom is 0.333 e. The summed E-state index contributed by atoms with van der Waals surface area (Å²) in [5.41, 5.74) is 0.0593. The van der Waals surface area contributed by atoms with E-state index in [2.05, 4.69) is 44.1 Å². The van der Waals surface area contributed by atoms with E-state index >= 15 is 0 Å². The fourth-order valence-electron chi connectivity index (χ4n) is 2.18. The Labute approximate surface area is 120 Å². The summed E-state index contributed by atoms with van der Waals surface area (Å²) >= 11 is 0. The maximum absolute atomic E-state index is 11.5. The minimum absolute atomic E-state index is 0.216. The third-order valence-corrected chi connectivity index (χ3v) is 3.37. The molecule has 0 amide bonds. The van der Waals surface area contributed by atoms with E-state index in [0.717, 1.165) is 17.4 Å². The summed E-state index contributed by atoms with van der Waals surface area (Å²) in [5, 5.41) is 0. The average Bonchev–Trinajstić information content (AvgIpc) is 2.25. The summed E-state index contributed by atoms with van der Waals surface area (Å²) in [6, 6.07) is 0. The molecule has 0 fully saturated rings. The molecule has 4 nitrogen and oxygen atoms in total. The molecule has 19 heavy (non-hydrogen) atoms. The zero-order valence-electron chi connectivity index (χ0n) is 13.1. The lowest BCUT2D eigenvalue weighted by Crippen LogP contribution is -2.50. The van der Waals surface area contributed by atoms with Crippen molar-refractivity contribution in [3.05, 3.63) is 12.2 Å². The fourth-order valence-corrected chi connectivity index (χ4v) is 2.47. The standard InChI is InChI=1S/C14H28NO3P/c1-8-14(18-19,10-15(5,6)7)9-12(4)17-13(16)11(2)3/h12,19H,2,8-10H2,1,3-7H3. The van der Waals surface area contributed by atoms with Crippen molar-refractivity contribution in [3.63, 3.8) is 0 Å².